The van der Waals surface area contributed by atoms with E-state index in [0.717, 1.165) is 29.0 Å². The van der Waals surface area contributed by atoms with Crippen LogP contribution in [0.1, 0.15) is 18.2 Å². The van der Waals surface area contributed by atoms with Gasteiger partial charge in [-0.15, -0.1) is 0 Å². The minimum absolute atomic E-state index is 0.494. The van der Waals surface area contributed by atoms with Gasteiger partial charge in [-0.3, -0.25) is 4.98 Å². The summed E-state index contributed by atoms with van der Waals surface area (Å²) < 4.78 is 8.73. The molecule has 37 heavy (non-hydrogen) atoms. The maximum atomic E-state index is 6.46. The zero-order valence-corrected chi connectivity index (χ0v) is 20.5. The molecule has 4 aromatic carbocycles. The number of para-hydroxylation sites is 1. The number of nitrogens with zero attached hydrogens (tertiary/aromatic N) is 2. The SMILES string of the molecule is CC1C=Cc2c(oc3cc4c(cc23)c(-c2cccnc2)cc2cc3ccn(-c5ccccc5)c3cc24)C1. The average Bonchev–Trinajstić information content (AvgIpc) is 3.51. The van der Waals surface area contributed by atoms with Crippen LogP contribution >= 0.6 is 0 Å². The molecule has 8 rings (SSSR count). The fourth-order valence-corrected chi connectivity index (χ4v) is 5.97. The molecule has 3 aromatic heterocycles. The van der Waals surface area contributed by atoms with Crippen molar-refractivity contribution in [3.63, 3.8) is 0 Å². The van der Waals surface area contributed by atoms with Crippen molar-refractivity contribution in [2.45, 2.75) is 13.3 Å². The monoisotopic (exact) mass is 476 g/mol. The number of hydrogen-bond donors (Lipinski definition) is 0. The first-order valence-electron chi connectivity index (χ1n) is 12.8. The summed E-state index contributed by atoms with van der Waals surface area (Å²) in [5.74, 6) is 1.58. The van der Waals surface area contributed by atoms with Gasteiger partial charge >= 0.3 is 0 Å². The van der Waals surface area contributed by atoms with Gasteiger partial charge in [-0.25, -0.2) is 0 Å². The van der Waals surface area contributed by atoms with Gasteiger partial charge in [0.15, 0.2) is 0 Å². The number of furan rings is 1. The highest BCUT2D eigenvalue weighted by atomic mass is 16.3. The fraction of sp³-hybridized carbons (Fsp3) is 0.0882. The molecule has 1 atom stereocenters. The molecular formula is C34H24N2O. The number of hydrogen-bond acceptors (Lipinski definition) is 2. The van der Waals surface area contributed by atoms with Gasteiger partial charge in [0.25, 0.3) is 0 Å². The number of aromatic nitrogens is 2. The minimum atomic E-state index is 0.494. The van der Waals surface area contributed by atoms with E-state index in [2.05, 4.69) is 108 Å². The number of fused-ring (bicyclic) bond motifs is 7. The lowest BCUT2D eigenvalue weighted by Gasteiger charge is -2.13. The lowest BCUT2D eigenvalue weighted by Crippen LogP contribution is -2.00. The maximum absolute atomic E-state index is 6.46. The number of pyridine rings is 1. The quantitative estimate of drug-likeness (QED) is 0.233. The predicted molar refractivity (Wildman–Crippen MR) is 153 cm³/mol. The topological polar surface area (TPSA) is 31.0 Å². The summed E-state index contributed by atoms with van der Waals surface area (Å²) in [6.45, 7) is 2.24. The molecular weight excluding hydrogens is 452 g/mol. The molecule has 0 amide bonds. The summed E-state index contributed by atoms with van der Waals surface area (Å²) in [6, 6.07) is 28.4. The number of allylic oxidation sites excluding steroid dienone is 1. The van der Waals surface area contributed by atoms with E-state index < -0.39 is 0 Å². The third-order valence-corrected chi connectivity index (χ3v) is 7.79. The van der Waals surface area contributed by atoms with Crippen molar-refractivity contribution in [3.8, 4) is 16.8 Å². The van der Waals surface area contributed by atoms with Crippen molar-refractivity contribution in [1.29, 1.82) is 0 Å². The molecule has 0 bridgehead atoms. The largest absolute Gasteiger partial charge is 0.460 e. The molecule has 3 nitrogen and oxygen atoms in total. The van der Waals surface area contributed by atoms with Gasteiger partial charge in [0, 0.05) is 52.6 Å². The van der Waals surface area contributed by atoms with Gasteiger partial charge in [-0.2, -0.15) is 0 Å². The second kappa shape index (κ2) is 7.68. The first-order valence-corrected chi connectivity index (χ1v) is 12.8. The van der Waals surface area contributed by atoms with Gasteiger partial charge in [-0.05, 0) is 87.6 Å². The number of benzene rings is 4. The summed E-state index contributed by atoms with van der Waals surface area (Å²) in [4.78, 5) is 4.43. The smallest absolute Gasteiger partial charge is 0.135 e. The highest BCUT2D eigenvalue weighted by molar-refractivity contribution is 6.19. The zero-order chi connectivity index (χ0) is 24.5. The van der Waals surface area contributed by atoms with Crippen LogP contribution in [0.4, 0.5) is 0 Å². The van der Waals surface area contributed by atoms with Crippen LogP contribution in [0.2, 0.25) is 0 Å². The second-order valence-electron chi connectivity index (χ2n) is 10.2. The van der Waals surface area contributed by atoms with Crippen LogP contribution in [-0.4, -0.2) is 9.55 Å². The van der Waals surface area contributed by atoms with Gasteiger partial charge in [0.1, 0.15) is 11.3 Å². The van der Waals surface area contributed by atoms with Crippen molar-refractivity contribution < 1.29 is 4.42 Å². The van der Waals surface area contributed by atoms with Gasteiger partial charge in [-0.1, -0.05) is 43.3 Å². The Morgan fingerprint density at radius 2 is 1.76 bits per heavy atom. The minimum Gasteiger partial charge on any atom is -0.460 e. The van der Waals surface area contributed by atoms with E-state index in [-0.39, 0.29) is 0 Å². The molecule has 7 aromatic rings. The van der Waals surface area contributed by atoms with Crippen LogP contribution in [0.5, 0.6) is 0 Å². The number of rotatable bonds is 2. The van der Waals surface area contributed by atoms with Crippen LogP contribution < -0.4 is 0 Å². The Balaban J connectivity index is 1.49. The van der Waals surface area contributed by atoms with Crippen molar-refractivity contribution in [1.82, 2.24) is 9.55 Å². The van der Waals surface area contributed by atoms with Crippen molar-refractivity contribution in [2.24, 2.45) is 5.92 Å². The van der Waals surface area contributed by atoms with Crippen LogP contribution in [0.3, 0.4) is 0 Å². The lowest BCUT2D eigenvalue weighted by molar-refractivity contribution is 0.513. The first-order chi connectivity index (χ1) is 18.2. The zero-order valence-electron chi connectivity index (χ0n) is 20.5. The molecule has 0 saturated heterocycles. The molecule has 176 valence electrons. The van der Waals surface area contributed by atoms with Gasteiger partial charge in [0.05, 0.1) is 5.52 Å². The average molecular weight is 477 g/mol. The standard InChI is InChI=1S/C34H24N2O/c1-21-9-10-26-31-17-29-27(23-6-5-12-35-20-23)16-24-15-22-11-13-36(25-7-3-2-4-8-25)32(22)18-28(24)30(29)19-34(31)37-33(26)14-21/h2-13,15-21H,14H2,1H3. The molecule has 3 heterocycles. The van der Waals surface area contributed by atoms with Crippen LogP contribution in [-0.2, 0) is 6.42 Å². The molecule has 1 aliphatic rings. The maximum Gasteiger partial charge on any atom is 0.135 e. The van der Waals surface area contributed by atoms with E-state index in [9.17, 15) is 0 Å². The van der Waals surface area contributed by atoms with E-state index in [4.69, 9.17) is 4.42 Å². The van der Waals surface area contributed by atoms with Crippen LogP contribution in [0.15, 0.2) is 108 Å². The Morgan fingerprint density at radius 3 is 2.62 bits per heavy atom. The van der Waals surface area contributed by atoms with E-state index in [1.165, 1.54) is 49.0 Å². The highest BCUT2D eigenvalue weighted by Crippen LogP contribution is 2.42. The predicted octanol–water partition coefficient (Wildman–Crippen LogP) is 8.95. The Hall–Kier alpha value is -4.63. The lowest BCUT2D eigenvalue weighted by atomic mass is 9.90. The molecule has 0 radical (unpaired) electrons. The molecule has 1 unspecified atom stereocenters. The molecule has 0 fully saturated rings. The highest BCUT2D eigenvalue weighted by Gasteiger charge is 2.20. The summed E-state index contributed by atoms with van der Waals surface area (Å²) in [6.07, 6.45) is 11.4. The van der Waals surface area contributed by atoms with Gasteiger partial charge in [0.2, 0.25) is 0 Å². The van der Waals surface area contributed by atoms with Crippen LogP contribution in [0, 0.1) is 5.92 Å². The third kappa shape index (κ3) is 3.10. The van der Waals surface area contributed by atoms with E-state index in [1.807, 2.05) is 18.5 Å². The Kier molecular flexibility index (Phi) is 4.27. The molecule has 0 spiro atoms. The van der Waals surface area contributed by atoms with Crippen LogP contribution in [0.25, 0.3) is 66.3 Å². The van der Waals surface area contributed by atoms with Crippen molar-refractivity contribution in [2.75, 3.05) is 0 Å². The van der Waals surface area contributed by atoms with Crippen molar-refractivity contribution >= 4 is 49.5 Å². The summed E-state index contributed by atoms with van der Waals surface area (Å²) in [5, 5.41) is 7.28. The van der Waals surface area contributed by atoms with Gasteiger partial charge < -0.3 is 8.98 Å². The van der Waals surface area contributed by atoms with E-state index >= 15 is 0 Å². The Morgan fingerprint density at radius 1 is 0.838 bits per heavy atom. The fourth-order valence-electron chi connectivity index (χ4n) is 5.97. The van der Waals surface area contributed by atoms with E-state index in [0.29, 0.717) is 5.92 Å². The molecule has 0 aliphatic heterocycles. The summed E-state index contributed by atoms with van der Waals surface area (Å²) in [5.41, 5.74) is 6.86. The molecule has 0 N–H and O–H groups in total. The van der Waals surface area contributed by atoms with E-state index in [1.54, 1.807) is 0 Å². The normalized spacial score (nSPS) is 15.2. The van der Waals surface area contributed by atoms with Crippen molar-refractivity contribution in [3.05, 3.63) is 115 Å². The Labute approximate surface area is 214 Å². The second-order valence-corrected chi connectivity index (χ2v) is 10.2. The summed E-state index contributed by atoms with van der Waals surface area (Å²) >= 11 is 0. The molecule has 3 heteroatoms. The summed E-state index contributed by atoms with van der Waals surface area (Å²) in [7, 11) is 0. The Bertz CT molecular complexity index is 2010. The molecule has 1 aliphatic carbocycles. The molecule has 0 saturated carbocycles. The first kappa shape index (κ1) is 20.6. The third-order valence-electron chi connectivity index (χ3n) is 7.79.